The Labute approximate surface area is 157 Å². The average Bonchev–Trinajstić information content (AvgIpc) is 3.42. The summed E-state index contributed by atoms with van der Waals surface area (Å²) in [5.74, 6) is -0.181. The number of sulfonamides is 1. The number of halogens is 1. The highest BCUT2D eigenvalue weighted by Gasteiger charge is 2.30. The smallest absolute Gasteiger partial charge is 0.251 e. The van der Waals surface area contributed by atoms with E-state index in [1.165, 1.54) is 25.3 Å². The summed E-state index contributed by atoms with van der Waals surface area (Å²) in [6.07, 6.45) is 1.64. The molecule has 138 valence electrons. The predicted molar refractivity (Wildman–Crippen MR) is 99.0 cm³/mol. The number of benzene rings is 2. The van der Waals surface area contributed by atoms with Gasteiger partial charge in [0.1, 0.15) is 10.6 Å². The number of carbonyl (C=O) groups excluding carboxylic acids is 1. The number of hydrogen-bond acceptors (Lipinski definition) is 4. The van der Waals surface area contributed by atoms with Crippen LogP contribution in [0, 0.1) is 0 Å². The lowest BCUT2D eigenvalue weighted by Crippen LogP contribution is -2.27. The molecule has 0 saturated heterocycles. The molecule has 1 aliphatic rings. The van der Waals surface area contributed by atoms with Crippen LogP contribution in [-0.2, 0) is 16.6 Å². The van der Waals surface area contributed by atoms with Gasteiger partial charge in [0, 0.05) is 23.2 Å². The molecular weight excluding hydrogens is 376 g/mol. The van der Waals surface area contributed by atoms with E-state index in [0.717, 1.165) is 18.4 Å². The van der Waals surface area contributed by atoms with Gasteiger partial charge in [-0.05, 0) is 48.7 Å². The molecule has 6 nitrogen and oxygen atoms in total. The van der Waals surface area contributed by atoms with Crippen LogP contribution in [-0.4, -0.2) is 27.5 Å². The zero-order valence-corrected chi connectivity index (χ0v) is 15.7. The molecule has 3 rings (SSSR count). The van der Waals surface area contributed by atoms with Gasteiger partial charge in [0.2, 0.25) is 10.0 Å². The van der Waals surface area contributed by atoms with E-state index < -0.39 is 10.0 Å². The van der Waals surface area contributed by atoms with E-state index in [-0.39, 0.29) is 34.7 Å². The van der Waals surface area contributed by atoms with Gasteiger partial charge in [-0.25, -0.2) is 13.1 Å². The van der Waals surface area contributed by atoms with Crippen LogP contribution in [0.1, 0.15) is 28.8 Å². The quantitative estimate of drug-likeness (QED) is 0.756. The van der Waals surface area contributed by atoms with Gasteiger partial charge in [-0.15, -0.1) is 0 Å². The van der Waals surface area contributed by atoms with Crippen molar-refractivity contribution in [1.82, 2.24) is 10.0 Å². The molecule has 0 spiro atoms. The molecule has 8 heteroatoms. The molecule has 1 saturated carbocycles. The molecule has 0 aromatic heterocycles. The summed E-state index contributed by atoms with van der Waals surface area (Å²) in [4.78, 5) is 12.4. The lowest BCUT2D eigenvalue weighted by atomic mass is 10.2. The number of amides is 1. The van der Waals surface area contributed by atoms with Crippen LogP contribution in [0.15, 0.2) is 47.4 Å². The first-order valence-electron chi connectivity index (χ1n) is 8.12. The second kappa shape index (κ2) is 7.65. The third-order valence-corrected chi connectivity index (χ3v) is 5.73. The van der Waals surface area contributed by atoms with Crippen LogP contribution < -0.4 is 14.8 Å². The highest BCUT2D eigenvalue weighted by molar-refractivity contribution is 7.89. The number of ether oxygens (including phenoxy) is 1. The van der Waals surface area contributed by atoms with Crippen molar-refractivity contribution >= 4 is 27.5 Å². The van der Waals surface area contributed by atoms with Crippen molar-refractivity contribution in [3.05, 3.63) is 58.6 Å². The Balaban J connectivity index is 1.79. The maximum Gasteiger partial charge on any atom is 0.251 e. The van der Waals surface area contributed by atoms with Gasteiger partial charge in [0.25, 0.3) is 5.91 Å². The molecule has 2 aromatic carbocycles. The zero-order valence-electron chi connectivity index (χ0n) is 14.2. The Kier molecular flexibility index (Phi) is 5.50. The van der Waals surface area contributed by atoms with Crippen LogP contribution in [0.5, 0.6) is 5.75 Å². The normalized spacial score (nSPS) is 14.1. The maximum absolute atomic E-state index is 12.5. The van der Waals surface area contributed by atoms with Gasteiger partial charge in [0.15, 0.2) is 0 Å². The molecule has 26 heavy (non-hydrogen) atoms. The summed E-state index contributed by atoms with van der Waals surface area (Å²) in [5, 5.41) is 3.34. The molecule has 2 aromatic rings. The highest BCUT2D eigenvalue weighted by Crippen LogP contribution is 2.28. The van der Waals surface area contributed by atoms with Crippen molar-refractivity contribution < 1.29 is 17.9 Å². The van der Waals surface area contributed by atoms with Crippen molar-refractivity contribution in [3.63, 3.8) is 0 Å². The van der Waals surface area contributed by atoms with E-state index in [0.29, 0.717) is 5.02 Å². The SMILES string of the molecule is COc1ccc(C(=O)NCc2cccc(Cl)c2)cc1S(=O)(=O)NC1CC1. The minimum Gasteiger partial charge on any atom is -0.495 e. The molecule has 0 unspecified atom stereocenters. The van der Waals surface area contributed by atoms with Gasteiger partial charge >= 0.3 is 0 Å². The first-order valence-corrected chi connectivity index (χ1v) is 9.98. The van der Waals surface area contributed by atoms with E-state index in [4.69, 9.17) is 16.3 Å². The topological polar surface area (TPSA) is 84.5 Å². The number of carbonyl (C=O) groups is 1. The van der Waals surface area contributed by atoms with Crippen molar-refractivity contribution in [1.29, 1.82) is 0 Å². The highest BCUT2D eigenvalue weighted by atomic mass is 35.5. The second-order valence-corrected chi connectivity index (χ2v) is 8.19. The van der Waals surface area contributed by atoms with E-state index in [2.05, 4.69) is 10.0 Å². The number of methoxy groups -OCH3 is 1. The van der Waals surface area contributed by atoms with Gasteiger partial charge < -0.3 is 10.1 Å². The summed E-state index contributed by atoms with van der Waals surface area (Å²) < 4.78 is 32.8. The Morgan fingerprint density at radius 2 is 2.00 bits per heavy atom. The monoisotopic (exact) mass is 394 g/mol. The third kappa shape index (κ3) is 4.55. The van der Waals surface area contributed by atoms with Crippen molar-refractivity contribution in [2.75, 3.05) is 7.11 Å². The molecule has 1 fully saturated rings. The lowest BCUT2D eigenvalue weighted by molar-refractivity contribution is 0.0950. The fourth-order valence-electron chi connectivity index (χ4n) is 2.44. The van der Waals surface area contributed by atoms with Gasteiger partial charge in [-0.2, -0.15) is 0 Å². The second-order valence-electron chi connectivity index (χ2n) is 6.07. The summed E-state index contributed by atoms with van der Waals surface area (Å²) in [7, 11) is -2.35. The summed E-state index contributed by atoms with van der Waals surface area (Å²) in [6.45, 7) is 0.286. The van der Waals surface area contributed by atoms with Crippen LogP contribution in [0.25, 0.3) is 0 Å². The molecule has 0 heterocycles. The van der Waals surface area contributed by atoms with E-state index in [1.54, 1.807) is 18.2 Å². The van der Waals surface area contributed by atoms with E-state index in [9.17, 15) is 13.2 Å². The van der Waals surface area contributed by atoms with Crippen LogP contribution >= 0.6 is 11.6 Å². The Morgan fingerprint density at radius 1 is 1.23 bits per heavy atom. The summed E-state index contributed by atoms with van der Waals surface area (Å²) in [5.41, 5.74) is 1.09. The lowest BCUT2D eigenvalue weighted by Gasteiger charge is -2.12. The largest absolute Gasteiger partial charge is 0.495 e. The Hall–Kier alpha value is -2.09. The third-order valence-electron chi connectivity index (χ3n) is 3.96. The van der Waals surface area contributed by atoms with Crippen molar-refractivity contribution in [2.24, 2.45) is 0 Å². The van der Waals surface area contributed by atoms with Gasteiger partial charge in [0.05, 0.1) is 7.11 Å². The molecule has 0 radical (unpaired) electrons. The Morgan fingerprint density at radius 3 is 2.65 bits per heavy atom. The van der Waals surface area contributed by atoms with Gasteiger partial charge in [-0.3, -0.25) is 4.79 Å². The summed E-state index contributed by atoms with van der Waals surface area (Å²) >= 11 is 5.93. The minimum absolute atomic E-state index is 0.0370. The van der Waals surface area contributed by atoms with Crippen LogP contribution in [0.3, 0.4) is 0 Å². The molecule has 2 N–H and O–H groups in total. The van der Waals surface area contributed by atoms with Crippen LogP contribution in [0.4, 0.5) is 0 Å². The predicted octanol–water partition coefficient (Wildman–Crippen LogP) is 2.72. The fourth-order valence-corrected chi connectivity index (χ4v) is 4.16. The van der Waals surface area contributed by atoms with Crippen molar-refractivity contribution in [3.8, 4) is 5.75 Å². The van der Waals surface area contributed by atoms with E-state index >= 15 is 0 Å². The van der Waals surface area contributed by atoms with Crippen LogP contribution in [0.2, 0.25) is 5.02 Å². The number of nitrogens with one attached hydrogen (secondary N) is 2. The minimum atomic E-state index is -3.74. The molecule has 0 bridgehead atoms. The molecule has 1 amide bonds. The summed E-state index contributed by atoms with van der Waals surface area (Å²) in [6, 6.07) is 11.5. The first-order chi connectivity index (χ1) is 12.4. The van der Waals surface area contributed by atoms with Crippen molar-refractivity contribution in [2.45, 2.75) is 30.3 Å². The van der Waals surface area contributed by atoms with Gasteiger partial charge in [-0.1, -0.05) is 23.7 Å². The molecule has 0 aliphatic heterocycles. The molecule has 0 atom stereocenters. The van der Waals surface area contributed by atoms with E-state index in [1.807, 2.05) is 6.07 Å². The Bertz CT molecular complexity index is 927. The molecule has 1 aliphatic carbocycles. The number of hydrogen-bond donors (Lipinski definition) is 2. The number of rotatable bonds is 7. The average molecular weight is 395 g/mol. The zero-order chi connectivity index (χ0) is 18.7. The first kappa shape index (κ1) is 18.7. The fraction of sp³-hybridized carbons (Fsp3) is 0.278. The maximum atomic E-state index is 12.5. The standard InChI is InChI=1S/C18H19ClN2O4S/c1-25-16-8-5-13(10-17(16)26(23,24)21-15-6-7-15)18(22)20-11-12-3-2-4-14(19)9-12/h2-5,8-10,15,21H,6-7,11H2,1H3,(H,20,22). The molecular formula is C18H19ClN2O4S.